The van der Waals surface area contributed by atoms with Gasteiger partial charge in [-0.05, 0) is 24.8 Å². The van der Waals surface area contributed by atoms with Crippen molar-refractivity contribution in [3.05, 3.63) is 0 Å². The molecule has 4 nitrogen and oxygen atoms in total. The van der Waals surface area contributed by atoms with E-state index in [-0.39, 0.29) is 11.8 Å². The van der Waals surface area contributed by atoms with Crippen molar-refractivity contribution in [1.82, 2.24) is 5.43 Å². The van der Waals surface area contributed by atoms with Crippen LogP contribution in [-0.2, 0) is 4.79 Å². The molecule has 0 saturated carbocycles. The summed E-state index contributed by atoms with van der Waals surface area (Å²) in [6, 6.07) is 0. The highest BCUT2D eigenvalue weighted by molar-refractivity contribution is 5.75. The Morgan fingerprint density at radius 1 is 1.50 bits per heavy atom. The van der Waals surface area contributed by atoms with Gasteiger partial charge >= 0.3 is 0 Å². The molecule has 0 spiro atoms. The van der Waals surface area contributed by atoms with E-state index in [1.165, 1.54) is 0 Å². The summed E-state index contributed by atoms with van der Waals surface area (Å²) in [5, 5.41) is 0. The van der Waals surface area contributed by atoms with Gasteiger partial charge in [0.05, 0.1) is 0 Å². The van der Waals surface area contributed by atoms with Crippen LogP contribution in [0.2, 0.25) is 0 Å². The molecule has 0 aromatic carbocycles. The summed E-state index contributed by atoms with van der Waals surface area (Å²) in [5.74, 6) is 5.66. The van der Waals surface area contributed by atoms with Crippen molar-refractivity contribution >= 4 is 5.91 Å². The second kappa shape index (κ2) is 5.97. The van der Waals surface area contributed by atoms with E-state index in [0.29, 0.717) is 18.9 Å². The number of carbonyl (C=O) groups is 1. The van der Waals surface area contributed by atoms with Gasteiger partial charge in [-0.25, -0.2) is 5.84 Å². The van der Waals surface area contributed by atoms with E-state index < -0.39 is 0 Å². The van der Waals surface area contributed by atoms with E-state index in [0.717, 1.165) is 6.42 Å². The number of hydrogen-bond acceptors (Lipinski definition) is 3. The van der Waals surface area contributed by atoms with Gasteiger partial charge in [-0.2, -0.15) is 0 Å². The highest BCUT2D eigenvalue weighted by atomic mass is 16.2. The number of rotatable bonds is 5. The van der Waals surface area contributed by atoms with Crippen molar-refractivity contribution in [2.24, 2.45) is 23.4 Å². The van der Waals surface area contributed by atoms with Crippen LogP contribution in [-0.4, -0.2) is 12.5 Å². The van der Waals surface area contributed by atoms with Gasteiger partial charge in [-0.1, -0.05) is 13.8 Å². The maximum atomic E-state index is 10.9. The van der Waals surface area contributed by atoms with Crippen LogP contribution >= 0.6 is 0 Å². The standard InChI is InChI=1S/C8H19N3O/c1-6(2)3-7(5-9)4-8(12)11-10/h6-7H,3-5,9-10H2,1-2H3,(H,11,12). The Kier molecular flexibility index (Phi) is 5.66. The topological polar surface area (TPSA) is 81.1 Å². The minimum absolute atomic E-state index is 0.133. The fourth-order valence-electron chi connectivity index (χ4n) is 1.25. The SMILES string of the molecule is CC(C)CC(CN)CC(=O)NN. The number of amides is 1. The Labute approximate surface area is 73.7 Å². The van der Waals surface area contributed by atoms with Gasteiger partial charge in [-0.15, -0.1) is 0 Å². The summed E-state index contributed by atoms with van der Waals surface area (Å²) < 4.78 is 0. The van der Waals surface area contributed by atoms with Gasteiger partial charge in [-0.3, -0.25) is 10.2 Å². The zero-order valence-electron chi connectivity index (χ0n) is 7.84. The molecule has 1 amide bonds. The molecule has 0 heterocycles. The van der Waals surface area contributed by atoms with Crippen LogP contribution in [0, 0.1) is 11.8 Å². The van der Waals surface area contributed by atoms with Crippen molar-refractivity contribution < 1.29 is 4.79 Å². The number of hydrazine groups is 1. The van der Waals surface area contributed by atoms with Gasteiger partial charge in [0, 0.05) is 6.42 Å². The first-order valence-corrected chi connectivity index (χ1v) is 4.29. The van der Waals surface area contributed by atoms with E-state index in [9.17, 15) is 4.79 Å². The van der Waals surface area contributed by atoms with Crippen molar-refractivity contribution in [3.63, 3.8) is 0 Å². The molecule has 0 saturated heterocycles. The van der Waals surface area contributed by atoms with Crippen LogP contribution in [0.15, 0.2) is 0 Å². The molecule has 4 heteroatoms. The zero-order chi connectivity index (χ0) is 9.56. The summed E-state index contributed by atoms with van der Waals surface area (Å²) in [6.45, 7) is 4.78. The molecule has 0 aromatic rings. The molecule has 1 atom stereocenters. The van der Waals surface area contributed by atoms with Crippen molar-refractivity contribution in [1.29, 1.82) is 0 Å². The lowest BCUT2D eigenvalue weighted by molar-refractivity contribution is -0.122. The van der Waals surface area contributed by atoms with Gasteiger partial charge in [0.15, 0.2) is 0 Å². The Bertz CT molecular complexity index is 136. The van der Waals surface area contributed by atoms with Crippen molar-refractivity contribution in [2.45, 2.75) is 26.7 Å². The molecular formula is C8H19N3O. The molecule has 12 heavy (non-hydrogen) atoms. The monoisotopic (exact) mass is 173 g/mol. The molecule has 0 aliphatic heterocycles. The van der Waals surface area contributed by atoms with Gasteiger partial charge < -0.3 is 5.73 Å². The summed E-state index contributed by atoms with van der Waals surface area (Å²) in [4.78, 5) is 10.9. The second-order valence-corrected chi connectivity index (χ2v) is 3.50. The Morgan fingerprint density at radius 2 is 2.08 bits per heavy atom. The average Bonchev–Trinajstić information content (AvgIpc) is 2.02. The van der Waals surface area contributed by atoms with Gasteiger partial charge in [0.1, 0.15) is 0 Å². The molecule has 0 bridgehead atoms. The van der Waals surface area contributed by atoms with E-state index >= 15 is 0 Å². The lowest BCUT2D eigenvalue weighted by Crippen LogP contribution is -2.33. The normalized spacial score (nSPS) is 13.1. The number of hydrogen-bond donors (Lipinski definition) is 3. The number of nitrogens with two attached hydrogens (primary N) is 2. The van der Waals surface area contributed by atoms with E-state index in [4.69, 9.17) is 11.6 Å². The first-order valence-electron chi connectivity index (χ1n) is 4.29. The third kappa shape index (κ3) is 5.09. The highest BCUT2D eigenvalue weighted by Crippen LogP contribution is 2.13. The van der Waals surface area contributed by atoms with Crippen LogP contribution in [0.1, 0.15) is 26.7 Å². The third-order valence-electron chi connectivity index (χ3n) is 1.77. The predicted molar refractivity (Wildman–Crippen MR) is 48.9 cm³/mol. The molecule has 0 rings (SSSR count). The first-order chi connectivity index (χ1) is 5.60. The molecule has 0 aliphatic rings. The van der Waals surface area contributed by atoms with Crippen LogP contribution in [0.25, 0.3) is 0 Å². The van der Waals surface area contributed by atoms with Gasteiger partial charge in [0.25, 0.3) is 0 Å². The van der Waals surface area contributed by atoms with Crippen LogP contribution < -0.4 is 17.0 Å². The Morgan fingerprint density at radius 3 is 2.42 bits per heavy atom. The summed E-state index contributed by atoms with van der Waals surface area (Å²) in [5.41, 5.74) is 7.61. The zero-order valence-corrected chi connectivity index (χ0v) is 7.84. The molecule has 0 fully saturated rings. The predicted octanol–water partition coefficient (Wildman–Crippen LogP) is -0.0126. The van der Waals surface area contributed by atoms with Crippen molar-refractivity contribution in [2.75, 3.05) is 6.54 Å². The van der Waals surface area contributed by atoms with Gasteiger partial charge in [0.2, 0.25) is 5.91 Å². The second-order valence-electron chi connectivity index (χ2n) is 3.50. The van der Waals surface area contributed by atoms with Crippen LogP contribution in [0.5, 0.6) is 0 Å². The molecule has 0 aromatic heterocycles. The lowest BCUT2D eigenvalue weighted by atomic mass is 9.94. The molecule has 5 N–H and O–H groups in total. The lowest BCUT2D eigenvalue weighted by Gasteiger charge is -2.15. The Balaban J connectivity index is 3.74. The summed E-state index contributed by atoms with van der Waals surface area (Å²) in [7, 11) is 0. The van der Waals surface area contributed by atoms with E-state index in [1.807, 2.05) is 0 Å². The maximum Gasteiger partial charge on any atom is 0.234 e. The largest absolute Gasteiger partial charge is 0.330 e. The number of nitrogens with one attached hydrogen (secondary N) is 1. The number of carbonyl (C=O) groups excluding carboxylic acids is 1. The van der Waals surface area contributed by atoms with E-state index in [2.05, 4.69) is 19.3 Å². The molecular weight excluding hydrogens is 154 g/mol. The van der Waals surface area contributed by atoms with Crippen LogP contribution in [0.3, 0.4) is 0 Å². The fourth-order valence-corrected chi connectivity index (χ4v) is 1.25. The molecule has 0 radical (unpaired) electrons. The quantitative estimate of drug-likeness (QED) is 0.310. The maximum absolute atomic E-state index is 10.9. The van der Waals surface area contributed by atoms with Crippen molar-refractivity contribution in [3.8, 4) is 0 Å². The molecule has 72 valence electrons. The molecule has 0 aliphatic carbocycles. The summed E-state index contributed by atoms with van der Waals surface area (Å²) in [6.07, 6.45) is 1.41. The van der Waals surface area contributed by atoms with E-state index in [1.54, 1.807) is 0 Å². The average molecular weight is 173 g/mol. The highest BCUT2D eigenvalue weighted by Gasteiger charge is 2.12. The van der Waals surface area contributed by atoms with Crippen LogP contribution in [0.4, 0.5) is 0 Å². The minimum Gasteiger partial charge on any atom is -0.330 e. The molecule has 1 unspecified atom stereocenters. The first kappa shape index (κ1) is 11.4. The smallest absolute Gasteiger partial charge is 0.234 e. The third-order valence-corrected chi connectivity index (χ3v) is 1.77. The Hall–Kier alpha value is -0.610. The fraction of sp³-hybridized carbons (Fsp3) is 0.875. The summed E-state index contributed by atoms with van der Waals surface area (Å²) >= 11 is 0. The minimum atomic E-state index is -0.133.